The summed E-state index contributed by atoms with van der Waals surface area (Å²) in [7, 11) is 1.47. The molecule has 0 saturated carbocycles. The van der Waals surface area contributed by atoms with Crippen molar-refractivity contribution in [3.63, 3.8) is 0 Å². The van der Waals surface area contributed by atoms with Crippen LogP contribution in [-0.4, -0.2) is 34.1 Å². The van der Waals surface area contributed by atoms with E-state index < -0.39 is 17.6 Å². The maximum Gasteiger partial charge on any atom is 0.418 e. The number of aromatic nitrogens is 2. The van der Waals surface area contributed by atoms with Gasteiger partial charge in [0.15, 0.2) is 5.69 Å². The Kier molecular flexibility index (Phi) is 4.14. The molecule has 3 heterocycles. The lowest BCUT2D eigenvalue weighted by Crippen LogP contribution is -2.49. The Balaban J connectivity index is 1.72. The van der Waals surface area contributed by atoms with Gasteiger partial charge in [0.2, 0.25) is 0 Å². The average Bonchev–Trinajstić information content (AvgIpc) is 3.03. The van der Waals surface area contributed by atoms with E-state index in [1.165, 1.54) is 23.1 Å². The predicted molar refractivity (Wildman–Crippen MR) is 97.5 cm³/mol. The lowest BCUT2D eigenvalue weighted by molar-refractivity contribution is -0.137. The summed E-state index contributed by atoms with van der Waals surface area (Å²) in [5.74, 6) is -0.444. The highest BCUT2D eigenvalue weighted by atomic mass is 79.9. The number of benzene rings is 1. The number of nitrogens with zero attached hydrogens (tertiary/aromatic N) is 4. The van der Waals surface area contributed by atoms with E-state index >= 15 is 0 Å². The van der Waals surface area contributed by atoms with E-state index in [1.54, 1.807) is 28.9 Å². The number of hydrogen-bond acceptors (Lipinski definition) is 3. The summed E-state index contributed by atoms with van der Waals surface area (Å²) in [6, 6.07) is 9.33. The molecule has 0 spiro atoms. The third kappa shape index (κ3) is 3.05. The van der Waals surface area contributed by atoms with Crippen LogP contribution >= 0.6 is 15.9 Å². The molecule has 0 bridgehead atoms. The van der Waals surface area contributed by atoms with Gasteiger partial charge in [0.25, 0.3) is 5.91 Å². The lowest BCUT2D eigenvalue weighted by atomic mass is 10.0. The van der Waals surface area contributed by atoms with Crippen LogP contribution in [-0.2, 0) is 12.6 Å². The van der Waals surface area contributed by atoms with Gasteiger partial charge < -0.3 is 0 Å². The number of hydrogen-bond donors (Lipinski definition) is 0. The molecule has 0 unspecified atom stereocenters. The van der Waals surface area contributed by atoms with Crippen molar-refractivity contribution in [3.05, 3.63) is 63.9 Å². The highest BCUT2D eigenvalue weighted by Gasteiger charge is 2.39. The second-order valence-corrected chi connectivity index (χ2v) is 7.17. The van der Waals surface area contributed by atoms with Gasteiger partial charge in [-0.2, -0.15) is 18.3 Å². The Hall–Kier alpha value is -2.55. The van der Waals surface area contributed by atoms with Crippen LogP contribution in [0.25, 0.3) is 5.52 Å². The maximum atomic E-state index is 13.4. The smallest absolute Gasteiger partial charge is 0.285 e. The molecule has 27 heavy (non-hydrogen) atoms. The first kappa shape index (κ1) is 17.8. The van der Waals surface area contributed by atoms with E-state index in [0.29, 0.717) is 12.0 Å². The van der Waals surface area contributed by atoms with Crippen LogP contribution in [0.15, 0.2) is 47.1 Å². The highest BCUT2D eigenvalue weighted by Crippen LogP contribution is 2.40. The summed E-state index contributed by atoms with van der Waals surface area (Å²) < 4.78 is 42.6. The van der Waals surface area contributed by atoms with E-state index in [4.69, 9.17) is 0 Å². The Bertz CT molecular complexity index is 1050. The van der Waals surface area contributed by atoms with Crippen molar-refractivity contribution in [1.29, 1.82) is 0 Å². The number of carbonyl (C=O) groups is 1. The third-order valence-electron chi connectivity index (χ3n) is 4.58. The van der Waals surface area contributed by atoms with Crippen molar-refractivity contribution in [2.24, 2.45) is 0 Å². The van der Waals surface area contributed by atoms with Crippen LogP contribution in [0.3, 0.4) is 0 Å². The first-order valence-electron chi connectivity index (χ1n) is 8.15. The summed E-state index contributed by atoms with van der Waals surface area (Å²) in [5, 5.41) is 6.84. The predicted octanol–water partition coefficient (Wildman–Crippen LogP) is 4.17. The minimum absolute atomic E-state index is 0.0103. The van der Waals surface area contributed by atoms with Crippen molar-refractivity contribution in [1.82, 2.24) is 14.6 Å². The van der Waals surface area contributed by atoms with Gasteiger partial charge in [-0.05, 0) is 52.2 Å². The summed E-state index contributed by atoms with van der Waals surface area (Å²) in [6.45, 7) is 0.279. The number of anilines is 1. The van der Waals surface area contributed by atoms with E-state index in [-0.39, 0.29) is 17.9 Å². The number of amides is 1. The average molecular weight is 439 g/mol. The van der Waals surface area contributed by atoms with Crippen molar-refractivity contribution in [2.75, 3.05) is 18.6 Å². The zero-order valence-corrected chi connectivity index (χ0v) is 15.8. The zero-order valence-electron chi connectivity index (χ0n) is 14.2. The normalized spacial score (nSPS) is 14.6. The molecule has 9 heteroatoms. The Morgan fingerprint density at radius 1 is 1.22 bits per heavy atom. The summed E-state index contributed by atoms with van der Waals surface area (Å²) in [6.07, 6.45) is -2.45. The quantitative estimate of drug-likeness (QED) is 0.572. The van der Waals surface area contributed by atoms with Crippen molar-refractivity contribution in [2.45, 2.75) is 12.6 Å². The first-order chi connectivity index (χ1) is 12.8. The molecule has 0 aliphatic carbocycles. The van der Waals surface area contributed by atoms with Crippen LogP contribution in [0, 0.1) is 0 Å². The van der Waals surface area contributed by atoms with Crippen molar-refractivity contribution < 1.29 is 18.0 Å². The number of halogens is 4. The minimum Gasteiger partial charge on any atom is -0.285 e. The van der Waals surface area contributed by atoms with Gasteiger partial charge >= 0.3 is 6.18 Å². The first-order valence-corrected chi connectivity index (χ1v) is 8.94. The van der Waals surface area contributed by atoms with Crippen LogP contribution < -0.4 is 5.01 Å². The van der Waals surface area contributed by atoms with E-state index in [0.717, 1.165) is 16.1 Å². The van der Waals surface area contributed by atoms with Gasteiger partial charge in [-0.15, -0.1) is 0 Å². The number of para-hydroxylation sites is 1. The standard InChI is InChI=1S/C18H14BrF3N4O/c1-24-16-11(3-2-4-14(16)18(20,21)22)7-8-26(24)17(27)15-9-13-6-5-12(19)10-25(13)23-15/h2-6,9-10H,7-8H2,1H3. The number of pyridine rings is 1. The fraction of sp³-hybridized carbons (Fsp3) is 0.222. The van der Waals surface area contributed by atoms with Gasteiger partial charge in [-0.3, -0.25) is 9.80 Å². The number of carbonyl (C=O) groups excluding carboxylic acids is 1. The van der Waals surface area contributed by atoms with Crippen LogP contribution in [0.5, 0.6) is 0 Å². The number of rotatable bonds is 1. The zero-order chi connectivity index (χ0) is 19.3. The molecule has 1 amide bonds. The van der Waals surface area contributed by atoms with Gasteiger partial charge in [0.05, 0.1) is 16.8 Å². The second-order valence-electron chi connectivity index (χ2n) is 6.26. The SMILES string of the molecule is CN1c2c(cccc2C(F)(F)F)CCN1C(=O)c1cc2ccc(Br)cn2n1. The molecule has 3 aromatic rings. The lowest BCUT2D eigenvalue weighted by Gasteiger charge is -2.39. The summed E-state index contributed by atoms with van der Waals surface area (Å²) in [4.78, 5) is 13.0. The molecular weight excluding hydrogens is 425 g/mol. The number of alkyl halides is 3. The van der Waals surface area contributed by atoms with Crippen LogP contribution in [0.1, 0.15) is 21.6 Å². The number of hydrazine groups is 1. The molecular formula is C18H14BrF3N4O. The fourth-order valence-electron chi connectivity index (χ4n) is 3.34. The molecule has 0 N–H and O–H groups in total. The molecule has 0 radical (unpaired) electrons. The highest BCUT2D eigenvalue weighted by molar-refractivity contribution is 9.10. The topological polar surface area (TPSA) is 40.9 Å². The monoisotopic (exact) mass is 438 g/mol. The molecule has 1 aromatic carbocycles. The second kappa shape index (κ2) is 6.26. The molecule has 0 atom stereocenters. The van der Waals surface area contributed by atoms with E-state index in [2.05, 4.69) is 21.0 Å². The summed E-state index contributed by atoms with van der Waals surface area (Å²) >= 11 is 3.34. The van der Waals surface area contributed by atoms with E-state index in [1.807, 2.05) is 6.07 Å². The Morgan fingerprint density at radius 2 is 2.00 bits per heavy atom. The minimum atomic E-state index is -4.50. The molecule has 4 rings (SSSR count). The van der Waals surface area contributed by atoms with Gasteiger partial charge in [-0.1, -0.05) is 12.1 Å². The molecule has 5 nitrogen and oxygen atoms in total. The van der Waals surface area contributed by atoms with E-state index in [9.17, 15) is 18.0 Å². The molecule has 1 aliphatic rings. The largest absolute Gasteiger partial charge is 0.418 e. The molecule has 0 fully saturated rings. The molecule has 0 saturated heterocycles. The van der Waals surface area contributed by atoms with Gasteiger partial charge in [0, 0.05) is 24.3 Å². The van der Waals surface area contributed by atoms with Gasteiger partial charge in [-0.25, -0.2) is 9.52 Å². The Morgan fingerprint density at radius 3 is 2.74 bits per heavy atom. The van der Waals surface area contributed by atoms with Crippen LogP contribution in [0.2, 0.25) is 0 Å². The number of fused-ring (bicyclic) bond motifs is 2. The van der Waals surface area contributed by atoms with Crippen molar-refractivity contribution >= 4 is 33.0 Å². The third-order valence-corrected chi connectivity index (χ3v) is 5.05. The Labute approximate surface area is 161 Å². The fourth-order valence-corrected chi connectivity index (χ4v) is 3.66. The summed E-state index contributed by atoms with van der Waals surface area (Å²) in [5.41, 5.74) is 0.718. The van der Waals surface area contributed by atoms with Crippen molar-refractivity contribution in [3.8, 4) is 0 Å². The molecule has 2 aromatic heterocycles. The molecule has 140 valence electrons. The maximum absolute atomic E-state index is 13.4. The molecule has 1 aliphatic heterocycles. The van der Waals surface area contributed by atoms with Crippen LogP contribution in [0.4, 0.5) is 18.9 Å². The van der Waals surface area contributed by atoms with Gasteiger partial charge in [0.1, 0.15) is 0 Å².